The van der Waals surface area contributed by atoms with Gasteiger partial charge in [-0.05, 0) is 43.9 Å². The summed E-state index contributed by atoms with van der Waals surface area (Å²) < 4.78 is 5.51. The summed E-state index contributed by atoms with van der Waals surface area (Å²) in [5.74, 6) is 0.583. The highest BCUT2D eigenvalue weighted by Crippen LogP contribution is 2.34. The third-order valence-corrected chi connectivity index (χ3v) is 2.96. The largest absolute Gasteiger partial charge is 0.490 e. The number of benzene rings is 1. The minimum absolute atomic E-state index is 0.184. The van der Waals surface area contributed by atoms with Gasteiger partial charge in [-0.15, -0.1) is 0 Å². The molecule has 0 bridgehead atoms. The molecule has 1 rings (SSSR count). The molecule has 1 atom stereocenters. The van der Waals surface area contributed by atoms with Gasteiger partial charge in [0.25, 0.3) is 0 Å². The Morgan fingerprint density at radius 3 is 2.35 bits per heavy atom. The lowest BCUT2D eigenvalue weighted by Crippen LogP contribution is -2.15. The highest BCUT2D eigenvalue weighted by Gasteiger charge is 2.09. The van der Waals surface area contributed by atoms with E-state index in [0.717, 1.165) is 24.8 Å². The van der Waals surface area contributed by atoms with Crippen LogP contribution in [0.2, 0.25) is 10.0 Å². The molecule has 0 spiro atoms. The lowest BCUT2D eigenvalue weighted by Gasteiger charge is -2.12. The van der Waals surface area contributed by atoms with Crippen molar-refractivity contribution in [3.8, 4) is 5.75 Å². The molecule has 1 unspecified atom stereocenters. The third-order valence-electron chi connectivity index (χ3n) is 2.40. The average Bonchev–Trinajstić information content (AvgIpc) is 2.25. The third kappa shape index (κ3) is 4.74. The SMILES string of the molecule is CCCOc1c(Cl)cc(CCC(C)N)cc1Cl. The van der Waals surface area contributed by atoms with Crippen molar-refractivity contribution in [3.05, 3.63) is 27.7 Å². The van der Waals surface area contributed by atoms with E-state index in [9.17, 15) is 0 Å². The molecule has 0 amide bonds. The van der Waals surface area contributed by atoms with Gasteiger partial charge in [0.1, 0.15) is 0 Å². The Balaban J connectivity index is 2.78. The van der Waals surface area contributed by atoms with Gasteiger partial charge in [-0.1, -0.05) is 30.1 Å². The van der Waals surface area contributed by atoms with Crippen LogP contribution in [-0.4, -0.2) is 12.6 Å². The molecule has 0 radical (unpaired) electrons. The second-order valence-corrected chi connectivity index (χ2v) is 5.07. The number of halogens is 2. The van der Waals surface area contributed by atoms with E-state index >= 15 is 0 Å². The normalized spacial score (nSPS) is 12.5. The summed E-state index contributed by atoms with van der Waals surface area (Å²) >= 11 is 12.3. The zero-order valence-corrected chi connectivity index (χ0v) is 11.8. The molecule has 0 aliphatic rings. The first-order chi connectivity index (χ1) is 8.04. The summed E-state index contributed by atoms with van der Waals surface area (Å²) in [5.41, 5.74) is 6.82. The fourth-order valence-electron chi connectivity index (χ4n) is 1.49. The predicted octanol–water partition coefficient (Wildman–Crippen LogP) is 4.06. The summed E-state index contributed by atoms with van der Waals surface area (Å²) in [4.78, 5) is 0. The smallest absolute Gasteiger partial charge is 0.156 e. The minimum Gasteiger partial charge on any atom is -0.490 e. The van der Waals surface area contributed by atoms with E-state index in [-0.39, 0.29) is 6.04 Å². The molecule has 0 aliphatic heterocycles. The van der Waals surface area contributed by atoms with E-state index < -0.39 is 0 Å². The first kappa shape index (κ1) is 14.6. The van der Waals surface area contributed by atoms with Gasteiger partial charge in [0.15, 0.2) is 5.75 Å². The summed E-state index contributed by atoms with van der Waals surface area (Å²) in [6.07, 6.45) is 2.73. The van der Waals surface area contributed by atoms with Crippen molar-refractivity contribution >= 4 is 23.2 Å². The van der Waals surface area contributed by atoms with Crippen molar-refractivity contribution in [1.29, 1.82) is 0 Å². The molecular formula is C13H19Cl2NO. The van der Waals surface area contributed by atoms with Gasteiger partial charge in [0.2, 0.25) is 0 Å². The molecule has 96 valence electrons. The number of aryl methyl sites for hydroxylation is 1. The molecule has 0 aromatic heterocycles. The van der Waals surface area contributed by atoms with Crippen molar-refractivity contribution in [2.45, 2.75) is 39.2 Å². The van der Waals surface area contributed by atoms with Crippen LogP contribution in [0.3, 0.4) is 0 Å². The van der Waals surface area contributed by atoms with Gasteiger partial charge in [-0.25, -0.2) is 0 Å². The number of hydrogen-bond acceptors (Lipinski definition) is 2. The van der Waals surface area contributed by atoms with Crippen LogP contribution >= 0.6 is 23.2 Å². The van der Waals surface area contributed by atoms with Gasteiger partial charge in [-0.2, -0.15) is 0 Å². The Morgan fingerprint density at radius 2 is 1.88 bits per heavy atom. The van der Waals surface area contributed by atoms with E-state index in [1.54, 1.807) is 0 Å². The first-order valence-electron chi connectivity index (χ1n) is 5.91. The summed E-state index contributed by atoms with van der Waals surface area (Å²) in [6.45, 7) is 4.65. The fraction of sp³-hybridized carbons (Fsp3) is 0.538. The average molecular weight is 276 g/mol. The zero-order chi connectivity index (χ0) is 12.8. The second-order valence-electron chi connectivity index (χ2n) is 4.25. The highest BCUT2D eigenvalue weighted by molar-refractivity contribution is 6.37. The molecule has 1 aromatic carbocycles. The van der Waals surface area contributed by atoms with Crippen molar-refractivity contribution in [1.82, 2.24) is 0 Å². The Kier molecular flexibility index (Phi) is 6.10. The van der Waals surface area contributed by atoms with Crippen LogP contribution < -0.4 is 10.5 Å². The second kappa shape index (κ2) is 7.10. The predicted molar refractivity (Wildman–Crippen MR) is 74.2 cm³/mol. The summed E-state index contributed by atoms with van der Waals surface area (Å²) in [7, 11) is 0. The van der Waals surface area contributed by atoms with Crippen LogP contribution in [0.15, 0.2) is 12.1 Å². The molecule has 0 saturated heterocycles. The zero-order valence-electron chi connectivity index (χ0n) is 10.3. The van der Waals surface area contributed by atoms with Crippen LogP contribution in [0.1, 0.15) is 32.3 Å². The van der Waals surface area contributed by atoms with Crippen LogP contribution in [0.4, 0.5) is 0 Å². The molecule has 4 heteroatoms. The van der Waals surface area contributed by atoms with Crippen molar-refractivity contribution in [2.24, 2.45) is 5.73 Å². The maximum absolute atomic E-state index is 6.15. The van der Waals surface area contributed by atoms with E-state index in [1.807, 2.05) is 26.0 Å². The quantitative estimate of drug-likeness (QED) is 0.850. The van der Waals surface area contributed by atoms with Crippen molar-refractivity contribution < 1.29 is 4.74 Å². The Morgan fingerprint density at radius 1 is 1.29 bits per heavy atom. The van der Waals surface area contributed by atoms with E-state index in [4.69, 9.17) is 33.7 Å². The lowest BCUT2D eigenvalue weighted by atomic mass is 10.1. The standard InChI is InChI=1S/C13H19Cl2NO/c1-3-6-17-13-11(14)7-10(8-12(13)15)5-4-9(2)16/h7-9H,3-6,16H2,1-2H3. The number of rotatable bonds is 6. The maximum atomic E-state index is 6.15. The van der Waals surface area contributed by atoms with Gasteiger partial charge >= 0.3 is 0 Å². The molecule has 0 saturated carbocycles. The van der Waals surface area contributed by atoms with Gasteiger partial charge in [0.05, 0.1) is 16.7 Å². The Hall–Kier alpha value is -0.440. The van der Waals surface area contributed by atoms with Gasteiger partial charge in [-0.3, -0.25) is 0 Å². The molecule has 0 fully saturated rings. The van der Waals surface area contributed by atoms with E-state index in [1.165, 1.54) is 0 Å². The van der Waals surface area contributed by atoms with Crippen molar-refractivity contribution in [3.63, 3.8) is 0 Å². The van der Waals surface area contributed by atoms with E-state index in [0.29, 0.717) is 22.4 Å². The van der Waals surface area contributed by atoms with E-state index in [2.05, 4.69) is 0 Å². The first-order valence-corrected chi connectivity index (χ1v) is 6.66. The van der Waals surface area contributed by atoms with Crippen LogP contribution in [0, 0.1) is 0 Å². The summed E-state index contributed by atoms with van der Waals surface area (Å²) in [6, 6.07) is 3.99. The molecule has 0 heterocycles. The molecule has 2 nitrogen and oxygen atoms in total. The van der Waals surface area contributed by atoms with Crippen LogP contribution in [-0.2, 0) is 6.42 Å². The Bertz CT molecular complexity index is 343. The molecule has 2 N–H and O–H groups in total. The lowest BCUT2D eigenvalue weighted by molar-refractivity contribution is 0.317. The molecule has 0 aliphatic carbocycles. The topological polar surface area (TPSA) is 35.2 Å². The van der Waals surface area contributed by atoms with Gasteiger partial charge < -0.3 is 10.5 Å². The Labute approximate surface area is 113 Å². The number of ether oxygens (including phenoxy) is 1. The minimum atomic E-state index is 0.184. The highest BCUT2D eigenvalue weighted by atomic mass is 35.5. The molecule has 17 heavy (non-hydrogen) atoms. The monoisotopic (exact) mass is 275 g/mol. The molecule has 1 aromatic rings. The number of hydrogen-bond donors (Lipinski definition) is 1. The number of nitrogens with two attached hydrogens (primary N) is 1. The van der Waals surface area contributed by atoms with Crippen LogP contribution in [0.5, 0.6) is 5.75 Å². The fourth-order valence-corrected chi connectivity index (χ4v) is 2.13. The van der Waals surface area contributed by atoms with Crippen LogP contribution in [0.25, 0.3) is 0 Å². The van der Waals surface area contributed by atoms with Crippen molar-refractivity contribution in [2.75, 3.05) is 6.61 Å². The van der Waals surface area contributed by atoms with Gasteiger partial charge in [0, 0.05) is 6.04 Å². The molecular weight excluding hydrogens is 257 g/mol. The summed E-state index contributed by atoms with van der Waals surface area (Å²) in [5, 5.41) is 1.15. The maximum Gasteiger partial charge on any atom is 0.156 e.